The molecule has 0 spiro atoms. The Morgan fingerprint density at radius 1 is 1.23 bits per heavy atom. The molecule has 7 heteroatoms. The highest BCUT2D eigenvalue weighted by molar-refractivity contribution is 6.32. The second-order valence-electron chi connectivity index (χ2n) is 8.71. The van der Waals surface area contributed by atoms with Crippen LogP contribution < -0.4 is 15.7 Å². The number of carbonyl (C=O) groups is 1. The molecule has 2 saturated heterocycles. The van der Waals surface area contributed by atoms with Gasteiger partial charge in [-0.05, 0) is 62.7 Å². The summed E-state index contributed by atoms with van der Waals surface area (Å²) in [6.45, 7) is 5.00. The second-order valence-corrected chi connectivity index (χ2v) is 9.12. The minimum Gasteiger partial charge on any atom is -0.482 e. The molecule has 31 heavy (non-hydrogen) atoms. The van der Waals surface area contributed by atoms with Gasteiger partial charge in [0.1, 0.15) is 11.3 Å². The van der Waals surface area contributed by atoms with E-state index < -0.39 is 5.63 Å². The van der Waals surface area contributed by atoms with E-state index in [1.54, 1.807) is 12.1 Å². The molecule has 1 aromatic heterocycles. The zero-order valence-electron chi connectivity index (χ0n) is 18.1. The van der Waals surface area contributed by atoms with Crippen LogP contribution in [0.15, 0.2) is 27.4 Å². The van der Waals surface area contributed by atoms with E-state index in [2.05, 4.69) is 17.1 Å². The Labute approximate surface area is 187 Å². The topological polar surface area (TPSA) is 71.8 Å². The third-order valence-corrected chi connectivity index (χ3v) is 6.85. The van der Waals surface area contributed by atoms with Gasteiger partial charge >= 0.3 is 5.63 Å². The summed E-state index contributed by atoms with van der Waals surface area (Å²) in [6.07, 6.45) is 7.84. The molecule has 1 amide bonds. The minimum atomic E-state index is -0.397. The number of hydrogen-bond acceptors (Lipinski definition) is 5. The molecule has 2 aliphatic rings. The molecular formula is C24H31ClN2O4. The van der Waals surface area contributed by atoms with Crippen LogP contribution in [0.2, 0.25) is 5.02 Å². The predicted octanol–water partition coefficient (Wildman–Crippen LogP) is 4.16. The van der Waals surface area contributed by atoms with Gasteiger partial charge in [-0.25, -0.2) is 4.79 Å². The molecule has 1 N–H and O–H groups in total. The Morgan fingerprint density at radius 3 is 2.90 bits per heavy atom. The molecular weight excluding hydrogens is 416 g/mol. The molecule has 2 unspecified atom stereocenters. The predicted molar refractivity (Wildman–Crippen MR) is 122 cm³/mol. The molecule has 1 aromatic carbocycles. The normalized spacial score (nSPS) is 21.6. The lowest BCUT2D eigenvalue weighted by Crippen LogP contribution is -2.51. The smallest absolute Gasteiger partial charge is 0.336 e. The monoisotopic (exact) mass is 446 g/mol. The van der Waals surface area contributed by atoms with E-state index in [0.29, 0.717) is 34.9 Å². The summed E-state index contributed by atoms with van der Waals surface area (Å²) in [5, 5.41) is 4.24. The van der Waals surface area contributed by atoms with Crippen molar-refractivity contribution >= 4 is 28.5 Å². The van der Waals surface area contributed by atoms with Crippen molar-refractivity contribution in [3.63, 3.8) is 0 Å². The van der Waals surface area contributed by atoms with Crippen LogP contribution in [-0.2, 0) is 11.2 Å². The van der Waals surface area contributed by atoms with Crippen molar-refractivity contribution in [1.82, 2.24) is 10.2 Å². The first kappa shape index (κ1) is 22.2. The highest BCUT2D eigenvalue weighted by Gasteiger charge is 2.32. The summed E-state index contributed by atoms with van der Waals surface area (Å²) in [5.74, 6) is 0.691. The molecule has 0 aliphatic carbocycles. The summed E-state index contributed by atoms with van der Waals surface area (Å²) < 4.78 is 11.0. The fourth-order valence-corrected chi connectivity index (χ4v) is 5.29. The first-order chi connectivity index (χ1) is 15.0. The number of ether oxygens (including phenoxy) is 1. The van der Waals surface area contributed by atoms with Crippen LogP contribution in [0.5, 0.6) is 5.75 Å². The zero-order valence-corrected chi connectivity index (χ0v) is 18.9. The molecule has 2 aliphatic heterocycles. The molecule has 168 valence electrons. The van der Waals surface area contributed by atoms with Gasteiger partial charge in [-0.15, -0.1) is 0 Å². The van der Waals surface area contributed by atoms with Gasteiger partial charge in [0.15, 0.2) is 6.61 Å². The van der Waals surface area contributed by atoms with Gasteiger partial charge in [-0.2, -0.15) is 0 Å². The van der Waals surface area contributed by atoms with E-state index in [1.165, 1.54) is 44.8 Å². The van der Waals surface area contributed by atoms with E-state index in [0.717, 1.165) is 30.2 Å². The molecule has 0 radical (unpaired) electrons. The Bertz CT molecular complexity index is 987. The second kappa shape index (κ2) is 10.0. The quantitative estimate of drug-likeness (QED) is 0.646. The molecule has 6 nitrogen and oxygen atoms in total. The van der Waals surface area contributed by atoms with Gasteiger partial charge in [-0.1, -0.05) is 31.4 Å². The van der Waals surface area contributed by atoms with Crippen LogP contribution in [0, 0.1) is 5.92 Å². The summed E-state index contributed by atoms with van der Waals surface area (Å²) >= 11 is 6.39. The Morgan fingerprint density at radius 2 is 2.06 bits per heavy atom. The number of aryl methyl sites for hydroxylation is 1. The Kier molecular flexibility index (Phi) is 7.18. The average Bonchev–Trinajstić information content (AvgIpc) is 2.77. The van der Waals surface area contributed by atoms with E-state index in [1.807, 2.05) is 0 Å². The number of halogens is 1. The van der Waals surface area contributed by atoms with Gasteiger partial charge in [0, 0.05) is 30.1 Å². The number of nitrogens with one attached hydrogen (secondary N) is 1. The highest BCUT2D eigenvalue weighted by Crippen LogP contribution is 2.32. The highest BCUT2D eigenvalue weighted by atomic mass is 35.5. The first-order valence-electron chi connectivity index (χ1n) is 11.4. The SMILES string of the molecule is CCCc1cc(=O)oc2cc(OCC(=O)NCC3CCCN4CCCCC34)c(Cl)cc12. The lowest BCUT2D eigenvalue weighted by atomic mass is 9.83. The number of nitrogens with zero attached hydrogens (tertiary/aromatic N) is 1. The van der Waals surface area contributed by atoms with Gasteiger partial charge < -0.3 is 19.4 Å². The van der Waals surface area contributed by atoms with Crippen molar-refractivity contribution in [3.05, 3.63) is 39.2 Å². The van der Waals surface area contributed by atoms with Crippen molar-refractivity contribution in [1.29, 1.82) is 0 Å². The maximum atomic E-state index is 12.4. The summed E-state index contributed by atoms with van der Waals surface area (Å²) in [5.41, 5.74) is 0.936. The van der Waals surface area contributed by atoms with Crippen molar-refractivity contribution < 1.29 is 13.9 Å². The third-order valence-electron chi connectivity index (χ3n) is 6.55. The fraction of sp³-hybridized carbons (Fsp3) is 0.583. The number of carbonyl (C=O) groups excluding carboxylic acids is 1. The van der Waals surface area contributed by atoms with Crippen LogP contribution in [0.4, 0.5) is 0 Å². The van der Waals surface area contributed by atoms with Gasteiger partial charge in [-0.3, -0.25) is 4.79 Å². The maximum Gasteiger partial charge on any atom is 0.336 e. The first-order valence-corrected chi connectivity index (χ1v) is 11.8. The lowest BCUT2D eigenvalue weighted by Gasteiger charge is -2.44. The van der Waals surface area contributed by atoms with Crippen LogP contribution in [-0.4, -0.2) is 43.1 Å². The van der Waals surface area contributed by atoms with E-state index >= 15 is 0 Å². The van der Waals surface area contributed by atoms with Crippen molar-refractivity contribution in [2.75, 3.05) is 26.2 Å². The number of fused-ring (bicyclic) bond motifs is 2. The number of benzene rings is 1. The van der Waals surface area contributed by atoms with Crippen molar-refractivity contribution in [2.24, 2.45) is 5.92 Å². The fourth-order valence-electron chi connectivity index (χ4n) is 5.07. The number of hydrogen-bond donors (Lipinski definition) is 1. The standard InChI is InChI=1S/C24H31ClN2O4/c1-2-6-16-11-24(29)31-21-13-22(19(25)12-18(16)21)30-15-23(28)26-14-17-7-5-10-27-9-4-3-8-20(17)27/h11-13,17,20H,2-10,14-15H2,1H3,(H,26,28). The summed E-state index contributed by atoms with van der Waals surface area (Å²) in [7, 11) is 0. The van der Waals surface area contributed by atoms with E-state index in [4.69, 9.17) is 20.8 Å². The summed E-state index contributed by atoms with van der Waals surface area (Å²) in [4.78, 5) is 26.9. The third kappa shape index (κ3) is 5.24. The van der Waals surface area contributed by atoms with Crippen molar-refractivity contribution in [3.8, 4) is 5.75 Å². The minimum absolute atomic E-state index is 0.120. The van der Waals surface area contributed by atoms with Crippen LogP contribution in [0.1, 0.15) is 51.0 Å². The van der Waals surface area contributed by atoms with Crippen LogP contribution in [0.25, 0.3) is 11.0 Å². The Hall–Kier alpha value is -2.05. The molecule has 2 fully saturated rings. The Balaban J connectivity index is 1.36. The van der Waals surface area contributed by atoms with E-state index in [9.17, 15) is 9.59 Å². The van der Waals surface area contributed by atoms with Crippen LogP contribution in [0.3, 0.4) is 0 Å². The summed E-state index contributed by atoms with van der Waals surface area (Å²) in [6, 6.07) is 5.46. The molecule has 0 bridgehead atoms. The van der Waals surface area contributed by atoms with Crippen LogP contribution >= 0.6 is 11.6 Å². The largest absolute Gasteiger partial charge is 0.482 e. The van der Waals surface area contributed by atoms with Crippen molar-refractivity contribution in [2.45, 2.75) is 57.9 Å². The molecule has 2 aromatic rings. The maximum absolute atomic E-state index is 12.4. The van der Waals surface area contributed by atoms with E-state index in [-0.39, 0.29) is 12.5 Å². The lowest BCUT2D eigenvalue weighted by molar-refractivity contribution is -0.123. The number of piperidine rings is 2. The zero-order chi connectivity index (χ0) is 21.8. The molecule has 2 atom stereocenters. The van der Waals surface area contributed by atoms with Gasteiger partial charge in [0.2, 0.25) is 0 Å². The van der Waals surface area contributed by atoms with Gasteiger partial charge in [0.25, 0.3) is 5.91 Å². The number of rotatable bonds is 7. The average molecular weight is 447 g/mol. The number of amides is 1. The molecule has 0 saturated carbocycles. The molecule has 3 heterocycles. The molecule has 4 rings (SSSR count). The van der Waals surface area contributed by atoms with Gasteiger partial charge in [0.05, 0.1) is 5.02 Å².